The molecule has 64 valence electrons. The molecule has 0 fully saturated rings. The average molecular weight is 154 g/mol. The fourth-order valence-electron chi connectivity index (χ4n) is 1.23. The molecule has 0 aromatic rings. The Morgan fingerprint density at radius 1 is 1.09 bits per heavy atom. The lowest BCUT2D eigenvalue weighted by atomic mass is 10.3. The van der Waals surface area contributed by atoms with Gasteiger partial charge in [0, 0.05) is 0 Å². The van der Waals surface area contributed by atoms with Crippen LogP contribution in [0.25, 0.3) is 0 Å². The predicted octanol–water partition coefficient (Wildman–Crippen LogP) is 2.56. The van der Waals surface area contributed by atoms with Crippen LogP contribution in [0, 0.1) is 0 Å². The van der Waals surface area contributed by atoms with Crippen molar-refractivity contribution in [3.63, 3.8) is 0 Å². The Hall–Kier alpha value is -0.560. The summed E-state index contributed by atoms with van der Waals surface area (Å²) in [5, 5.41) is 0. The minimum absolute atomic E-state index is 1.06. The fourth-order valence-corrected chi connectivity index (χ4v) is 1.23. The van der Waals surface area contributed by atoms with E-state index in [-0.39, 0.29) is 0 Å². The molecule has 0 heterocycles. The molecule has 0 spiro atoms. The lowest BCUT2D eigenvalue weighted by Crippen LogP contribution is -2.41. The summed E-state index contributed by atoms with van der Waals surface area (Å²) in [5.74, 6) is 0. The van der Waals surface area contributed by atoms with Crippen LogP contribution in [-0.2, 0) is 0 Å². The smallest absolute Gasteiger partial charge is 0.0958 e. The highest BCUT2D eigenvalue weighted by Crippen LogP contribution is 2.06. The molecule has 0 radical (unpaired) electrons. The summed E-state index contributed by atoms with van der Waals surface area (Å²) in [4.78, 5) is 0. The van der Waals surface area contributed by atoms with E-state index in [2.05, 4.69) is 33.6 Å². The Morgan fingerprint density at radius 3 is 1.82 bits per heavy atom. The van der Waals surface area contributed by atoms with Gasteiger partial charge in [-0.15, -0.1) is 0 Å². The molecule has 0 aliphatic heterocycles. The molecule has 0 unspecified atom stereocenters. The first kappa shape index (κ1) is 10.4. The quantitative estimate of drug-likeness (QED) is 0.422. The summed E-state index contributed by atoms with van der Waals surface area (Å²) in [6.07, 6.45) is 6.11. The lowest BCUT2D eigenvalue weighted by Gasteiger charge is -2.31. The minimum Gasteiger partial charge on any atom is -0.298 e. The largest absolute Gasteiger partial charge is 0.298 e. The van der Waals surface area contributed by atoms with Gasteiger partial charge in [-0.25, -0.2) is 0 Å². The molecular formula is C10H20N+. The molecule has 0 N–H and O–H groups in total. The predicted molar refractivity (Wildman–Crippen MR) is 51.2 cm³/mol. The molecule has 0 aliphatic rings. The van der Waals surface area contributed by atoms with Crippen molar-refractivity contribution in [3.8, 4) is 0 Å². The van der Waals surface area contributed by atoms with E-state index in [0.717, 1.165) is 24.1 Å². The Labute approximate surface area is 70.6 Å². The van der Waals surface area contributed by atoms with E-state index in [4.69, 9.17) is 0 Å². The van der Waals surface area contributed by atoms with Crippen LogP contribution < -0.4 is 0 Å². The van der Waals surface area contributed by atoms with Gasteiger partial charge in [-0.3, -0.25) is 4.48 Å². The van der Waals surface area contributed by atoms with E-state index in [1.165, 1.54) is 0 Å². The second-order valence-electron chi connectivity index (χ2n) is 2.74. The summed E-state index contributed by atoms with van der Waals surface area (Å²) >= 11 is 0. The van der Waals surface area contributed by atoms with Crippen molar-refractivity contribution in [2.45, 2.75) is 20.8 Å². The maximum Gasteiger partial charge on any atom is 0.0958 e. The molecular weight excluding hydrogens is 134 g/mol. The van der Waals surface area contributed by atoms with Gasteiger partial charge in [0.1, 0.15) is 0 Å². The van der Waals surface area contributed by atoms with Crippen molar-refractivity contribution in [2.24, 2.45) is 0 Å². The van der Waals surface area contributed by atoms with E-state index in [9.17, 15) is 0 Å². The number of hydrogen-bond donors (Lipinski definition) is 0. The van der Waals surface area contributed by atoms with Crippen LogP contribution in [0.5, 0.6) is 0 Å². The van der Waals surface area contributed by atoms with Crippen molar-refractivity contribution in [1.82, 2.24) is 0 Å². The van der Waals surface area contributed by atoms with Gasteiger partial charge in [-0.05, 0) is 26.8 Å². The van der Waals surface area contributed by atoms with Crippen LogP contribution in [0.1, 0.15) is 20.8 Å². The first-order valence-electron chi connectivity index (χ1n) is 4.40. The van der Waals surface area contributed by atoms with Gasteiger partial charge in [0.2, 0.25) is 0 Å². The third kappa shape index (κ3) is 2.89. The number of rotatable bonds is 5. The van der Waals surface area contributed by atoms with Gasteiger partial charge in [0.15, 0.2) is 0 Å². The molecule has 0 aliphatic carbocycles. The van der Waals surface area contributed by atoms with Crippen LogP contribution >= 0.6 is 0 Å². The van der Waals surface area contributed by atoms with Gasteiger partial charge < -0.3 is 0 Å². The molecule has 0 amide bonds. The van der Waals surface area contributed by atoms with Crippen LogP contribution in [0.3, 0.4) is 0 Å². The van der Waals surface area contributed by atoms with Gasteiger partial charge in [0.05, 0.1) is 25.8 Å². The third-order valence-corrected chi connectivity index (χ3v) is 2.43. The van der Waals surface area contributed by atoms with Crippen molar-refractivity contribution in [3.05, 3.63) is 24.9 Å². The Morgan fingerprint density at radius 2 is 1.55 bits per heavy atom. The van der Waals surface area contributed by atoms with E-state index in [0.29, 0.717) is 0 Å². The molecule has 0 atom stereocenters. The van der Waals surface area contributed by atoms with Gasteiger partial charge in [-0.1, -0.05) is 12.7 Å². The highest BCUT2D eigenvalue weighted by molar-refractivity contribution is 4.93. The van der Waals surface area contributed by atoms with Crippen molar-refractivity contribution in [2.75, 3.05) is 19.6 Å². The highest BCUT2D eigenvalue weighted by atomic mass is 15.3. The first-order valence-corrected chi connectivity index (χ1v) is 4.40. The lowest BCUT2D eigenvalue weighted by molar-refractivity contribution is -0.874. The summed E-state index contributed by atoms with van der Waals surface area (Å²) in [6.45, 7) is 13.8. The van der Waals surface area contributed by atoms with Crippen molar-refractivity contribution in [1.29, 1.82) is 0 Å². The SMILES string of the molecule is C=CC=C[N+](CC)(CC)CC. The monoisotopic (exact) mass is 154 g/mol. The highest BCUT2D eigenvalue weighted by Gasteiger charge is 2.15. The summed E-state index contributed by atoms with van der Waals surface area (Å²) < 4.78 is 1.06. The van der Waals surface area contributed by atoms with Crippen molar-refractivity contribution < 1.29 is 4.48 Å². The molecule has 11 heavy (non-hydrogen) atoms. The topological polar surface area (TPSA) is 0 Å². The van der Waals surface area contributed by atoms with E-state index in [1.54, 1.807) is 0 Å². The average Bonchev–Trinajstić information content (AvgIpc) is 2.08. The van der Waals surface area contributed by atoms with Crippen LogP contribution in [-0.4, -0.2) is 24.1 Å². The molecule has 0 rings (SSSR count). The molecule has 0 saturated heterocycles. The molecule has 1 nitrogen and oxygen atoms in total. The van der Waals surface area contributed by atoms with E-state index >= 15 is 0 Å². The Balaban J connectivity index is 4.27. The standard InChI is InChI=1S/C10H20N/c1-5-9-10-11(6-2,7-3)8-4/h5,9-10H,1,6-8H2,2-4H3/q+1. The van der Waals surface area contributed by atoms with Crippen LogP contribution in [0.2, 0.25) is 0 Å². The number of quaternary nitrogens is 1. The molecule has 0 aromatic carbocycles. The normalized spacial score (nSPS) is 12.3. The molecule has 0 aromatic heterocycles. The fraction of sp³-hybridized carbons (Fsp3) is 0.600. The van der Waals surface area contributed by atoms with E-state index < -0.39 is 0 Å². The molecule has 0 bridgehead atoms. The third-order valence-electron chi connectivity index (χ3n) is 2.43. The van der Waals surface area contributed by atoms with Crippen LogP contribution in [0.15, 0.2) is 24.9 Å². The zero-order chi connectivity index (χ0) is 8.74. The van der Waals surface area contributed by atoms with Gasteiger partial charge >= 0.3 is 0 Å². The molecule has 0 saturated carbocycles. The molecule has 1 heteroatoms. The zero-order valence-corrected chi connectivity index (χ0v) is 8.01. The maximum atomic E-state index is 3.67. The Bertz CT molecular complexity index is 124. The number of nitrogens with zero attached hydrogens (tertiary/aromatic N) is 1. The zero-order valence-electron chi connectivity index (χ0n) is 8.01. The van der Waals surface area contributed by atoms with Crippen LogP contribution in [0.4, 0.5) is 0 Å². The Kier molecular flexibility index (Phi) is 4.88. The van der Waals surface area contributed by atoms with E-state index in [1.807, 2.05) is 12.2 Å². The van der Waals surface area contributed by atoms with Gasteiger partial charge in [-0.2, -0.15) is 0 Å². The minimum atomic E-state index is 1.06. The number of hydrogen-bond acceptors (Lipinski definition) is 0. The van der Waals surface area contributed by atoms with Crippen molar-refractivity contribution >= 4 is 0 Å². The van der Waals surface area contributed by atoms with Gasteiger partial charge in [0.25, 0.3) is 0 Å². The maximum absolute atomic E-state index is 3.67. The summed E-state index contributed by atoms with van der Waals surface area (Å²) in [6, 6.07) is 0. The number of allylic oxidation sites excluding steroid dienone is 2. The second-order valence-corrected chi connectivity index (χ2v) is 2.74. The first-order chi connectivity index (χ1) is 5.24. The summed E-state index contributed by atoms with van der Waals surface area (Å²) in [5.41, 5.74) is 0. The summed E-state index contributed by atoms with van der Waals surface area (Å²) in [7, 11) is 0. The second kappa shape index (κ2) is 5.14.